The first kappa shape index (κ1) is 21.3. The highest BCUT2D eigenvalue weighted by atomic mass is 35.5. The van der Waals surface area contributed by atoms with Crippen molar-refractivity contribution in [3.05, 3.63) is 47.1 Å². The molecule has 3 rings (SSSR count). The number of halogens is 1. The van der Waals surface area contributed by atoms with Crippen LogP contribution in [-0.2, 0) is 16.1 Å². The number of nitrogens with zero attached hydrogens (tertiary/aromatic N) is 4. The molecule has 1 N–H and O–H groups in total. The maximum Gasteiger partial charge on any atom is 0.239 e. The molecule has 1 fully saturated rings. The summed E-state index contributed by atoms with van der Waals surface area (Å²) in [6.07, 6.45) is 2.25. The van der Waals surface area contributed by atoms with Crippen molar-refractivity contribution in [2.45, 2.75) is 26.8 Å². The fourth-order valence-corrected chi connectivity index (χ4v) is 3.61. The summed E-state index contributed by atoms with van der Waals surface area (Å²) in [4.78, 5) is 28.6. The lowest BCUT2D eigenvalue weighted by Crippen LogP contribution is -2.50. The monoisotopic (exact) mass is 417 g/mol. The summed E-state index contributed by atoms with van der Waals surface area (Å²) in [6, 6.07) is 9.36. The molecule has 0 saturated carbocycles. The fourth-order valence-electron chi connectivity index (χ4n) is 3.39. The second kappa shape index (κ2) is 9.89. The maximum atomic E-state index is 12.5. The number of carbonyl (C=O) groups excluding carboxylic acids is 2. The molecule has 1 aromatic heterocycles. The Morgan fingerprint density at radius 1 is 1.17 bits per heavy atom. The quantitative estimate of drug-likeness (QED) is 0.751. The van der Waals surface area contributed by atoms with Crippen LogP contribution < -0.4 is 5.32 Å². The van der Waals surface area contributed by atoms with Crippen LogP contribution in [-0.4, -0.2) is 64.1 Å². The number of piperazine rings is 1. The normalized spacial score (nSPS) is 15.0. The Labute approximate surface area is 176 Å². The van der Waals surface area contributed by atoms with E-state index in [9.17, 15) is 9.59 Å². The minimum atomic E-state index is -0.0835. The van der Waals surface area contributed by atoms with Crippen molar-refractivity contribution >= 4 is 29.2 Å². The molecule has 1 aliphatic rings. The van der Waals surface area contributed by atoms with E-state index in [4.69, 9.17) is 11.6 Å². The van der Waals surface area contributed by atoms with Crippen LogP contribution in [0.5, 0.6) is 0 Å². The molecule has 0 unspecified atom stereocenters. The lowest BCUT2D eigenvalue weighted by atomic mass is 10.1. The summed E-state index contributed by atoms with van der Waals surface area (Å²) in [5.74, 6) is 1.14. The number of hydrogen-bond acceptors (Lipinski definition) is 4. The van der Waals surface area contributed by atoms with Gasteiger partial charge in [-0.3, -0.25) is 14.5 Å². The first-order valence-corrected chi connectivity index (χ1v) is 10.3. The molecule has 0 aliphatic carbocycles. The molecule has 7 nitrogen and oxygen atoms in total. The van der Waals surface area contributed by atoms with Gasteiger partial charge in [-0.05, 0) is 23.6 Å². The number of amides is 2. The number of hydrogen-bond donors (Lipinski definition) is 1. The Balaban J connectivity index is 1.48. The van der Waals surface area contributed by atoms with Gasteiger partial charge in [0.05, 0.1) is 19.3 Å². The van der Waals surface area contributed by atoms with Crippen molar-refractivity contribution in [3.8, 4) is 0 Å². The van der Waals surface area contributed by atoms with Gasteiger partial charge < -0.3 is 10.2 Å². The van der Waals surface area contributed by atoms with Gasteiger partial charge in [0.25, 0.3) is 0 Å². The predicted octanol–water partition coefficient (Wildman–Crippen LogP) is 2.71. The van der Waals surface area contributed by atoms with Gasteiger partial charge in [-0.15, -0.1) is 0 Å². The van der Waals surface area contributed by atoms with Crippen molar-refractivity contribution in [2.24, 2.45) is 5.92 Å². The standard InChI is InChI=1S/C21H28ClN5O2/c1-16(2)12-21(29)26-10-8-25(9-11-26)15-20(28)24-19-6-7-23-27(19)14-17-4-3-5-18(22)13-17/h3-7,13,16H,8-12,14-15H2,1-2H3,(H,24,28). The van der Waals surface area contributed by atoms with Crippen LogP contribution in [0.25, 0.3) is 0 Å². The third kappa shape index (κ3) is 6.30. The summed E-state index contributed by atoms with van der Waals surface area (Å²) < 4.78 is 1.74. The van der Waals surface area contributed by atoms with Crippen molar-refractivity contribution in [1.29, 1.82) is 0 Å². The van der Waals surface area contributed by atoms with E-state index in [0.717, 1.165) is 5.56 Å². The Hall–Kier alpha value is -2.38. The lowest BCUT2D eigenvalue weighted by molar-refractivity contribution is -0.133. The lowest BCUT2D eigenvalue weighted by Gasteiger charge is -2.34. The molecule has 0 bridgehead atoms. The molecule has 1 aromatic carbocycles. The Morgan fingerprint density at radius 2 is 1.93 bits per heavy atom. The molecule has 29 heavy (non-hydrogen) atoms. The van der Waals surface area contributed by atoms with Crippen LogP contribution in [0.1, 0.15) is 25.8 Å². The van der Waals surface area contributed by atoms with Gasteiger partial charge in [-0.1, -0.05) is 37.6 Å². The maximum absolute atomic E-state index is 12.5. The number of anilines is 1. The largest absolute Gasteiger partial charge is 0.340 e. The number of nitrogens with one attached hydrogen (secondary N) is 1. The summed E-state index contributed by atoms with van der Waals surface area (Å²) in [6.45, 7) is 7.69. The zero-order chi connectivity index (χ0) is 20.8. The average molecular weight is 418 g/mol. The van der Waals surface area contributed by atoms with Gasteiger partial charge in [-0.25, -0.2) is 4.68 Å². The minimum absolute atomic E-state index is 0.0835. The average Bonchev–Trinajstić information content (AvgIpc) is 3.08. The molecule has 2 aromatic rings. The molecule has 8 heteroatoms. The molecule has 1 aliphatic heterocycles. The highest BCUT2D eigenvalue weighted by Crippen LogP contribution is 2.15. The van der Waals surface area contributed by atoms with Gasteiger partial charge in [-0.2, -0.15) is 5.10 Å². The van der Waals surface area contributed by atoms with Gasteiger partial charge >= 0.3 is 0 Å². The Morgan fingerprint density at radius 3 is 2.62 bits per heavy atom. The van der Waals surface area contributed by atoms with Crippen molar-refractivity contribution in [1.82, 2.24) is 19.6 Å². The fraction of sp³-hybridized carbons (Fsp3) is 0.476. The number of rotatable bonds is 7. The van der Waals surface area contributed by atoms with Crippen LogP contribution in [0.15, 0.2) is 36.5 Å². The van der Waals surface area contributed by atoms with Crippen LogP contribution >= 0.6 is 11.6 Å². The highest BCUT2D eigenvalue weighted by Gasteiger charge is 2.23. The zero-order valence-electron chi connectivity index (χ0n) is 17.0. The second-order valence-corrected chi connectivity index (χ2v) is 8.24. The summed E-state index contributed by atoms with van der Waals surface area (Å²) >= 11 is 6.04. The molecule has 0 radical (unpaired) electrons. The second-order valence-electron chi connectivity index (χ2n) is 7.81. The summed E-state index contributed by atoms with van der Waals surface area (Å²) in [7, 11) is 0. The zero-order valence-corrected chi connectivity index (χ0v) is 17.7. The first-order chi connectivity index (χ1) is 13.9. The topological polar surface area (TPSA) is 70.5 Å². The van der Waals surface area contributed by atoms with Crippen LogP contribution in [0.3, 0.4) is 0 Å². The molecule has 2 amide bonds. The highest BCUT2D eigenvalue weighted by molar-refractivity contribution is 6.30. The van der Waals surface area contributed by atoms with Crippen molar-refractivity contribution < 1.29 is 9.59 Å². The Bertz CT molecular complexity index is 843. The number of carbonyl (C=O) groups is 2. The molecule has 1 saturated heterocycles. The number of aromatic nitrogens is 2. The van der Waals surface area contributed by atoms with Crippen LogP contribution in [0.4, 0.5) is 5.82 Å². The van der Waals surface area contributed by atoms with Gasteiger partial charge in [0.1, 0.15) is 5.82 Å². The molecule has 2 heterocycles. The summed E-state index contributed by atoms with van der Waals surface area (Å²) in [5.41, 5.74) is 1.01. The van der Waals surface area contributed by atoms with Crippen LogP contribution in [0, 0.1) is 5.92 Å². The third-order valence-corrected chi connectivity index (χ3v) is 5.12. The van der Waals surface area contributed by atoms with Gasteiger partial charge in [0, 0.05) is 43.7 Å². The van der Waals surface area contributed by atoms with E-state index in [1.165, 1.54) is 0 Å². The first-order valence-electron chi connectivity index (χ1n) is 9.97. The smallest absolute Gasteiger partial charge is 0.239 e. The van der Waals surface area contributed by atoms with E-state index < -0.39 is 0 Å². The van der Waals surface area contributed by atoms with Crippen LogP contribution in [0.2, 0.25) is 5.02 Å². The van der Waals surface area contributed by atoms with E-state index >= 15 is 0 Å². The predicted molar refractivity (Wildman–Crippen MR) is 114 cm³/mol. The van der Waals surface area contributed by atoms with Gasteiger partial charge in [0.2, 0.25) is 11.8 Å². The third-order valence-electron chi connectivity index (χ3n) is 4.88. The van der Waals surface area contributed by atoms with Crippen molar-refractivity contribution in [3.63, 3.8) is 0 Å². The van der Waals surface area contributed by atoms with E-state index in [2.05, 4.69) is 29.2 Å². The number of benzene rings is 1. The van der Waals surface area contributed by atoms with E-state index in [1.807, 2.05) is 29.2 Å². The molecular formula is C21H28ClN5O2. The minimum Gasteiger partial charge on any atom is -0.340 e. The summed E-state index contributed by atoms with van der Waals surface area (Å²) in [5, 5.41) is 7.91. The van der Waals surface area contributed by atoms with Crippen molar-refractivity contribution in [2.75, 3.05) is 38.0 Å². The Kier molecular flexibility index (Phi) is 7.28. The van der Waals surface area contributed by atoms with E-state index in [0.29, 0.717) is 62.4 Å². The molecule has 0 spiro atoms. The molecular weight excluding hydrogens is 390 g/mol. The van der Waals surface area contributed by atoms with E-state index in [-0.39, 0.29) is 11.8 Å². The van der Waals surface area contributed by atoms with E-state index in [1.54, 1.807) is 16.9 Å². The molecule has 156 valence electrons. The van der Waals surface area contributed by atoms with Gasteiger partial charge in [0.15, 0.2) is 0 Å². The molecule has 0 atom stereocenters. The SMILES string of the molecule is CC(C)CC(=O)N1CCN(CC(=O)Nc2ccnn2Cc2cccc(Cl)c2)CC1.